The minimum Gasteiger partial charge on any atom is -0.378 e. The summed E-state index contributed by atoms with van der Waals surface area (Å²) < 4.78 is 31.7. The molecule has 0 aromatic carbocycles. The first-order chi connectivity index (χ1) is 13.8. The van der Waals surface area contributed by atoms with Crippen LogP contribution in [0.15, 0.2) is 29.5 Å². The molecule has 2 rings (SSSR count). The van der Waals surface area contributed by atoms with Crippen molar-refractivity contribution >= 4 is 27.6 Å². The number of piperazine rings is 1. The number of carbonyl (C=O) groups is 1. The number of aromatic nitrogens is 1. The number of nitrogens with zero attached hydrogens (tertiary/aromatic N) is 4. The minimum atomic E-state index is -3.34. The normalized spacial score (nSPS) is 16.1. The molecule has 2 N–H and O–H groups in total. The van der Waals surface area contributed by atoms with Crippen molar-refractivity contribution < 1.29 is 17.9 Å². The topological polar surface area (TPSA) is 116 Å². The van der Waals surface area contributed by atoms with Crippen LogP contribution in [0.5, 0.6) is 0 Å². The molecule has 0 atom stereocenters. The van der Waals surface area contributed by atoms with Crippen molar-refractivity contribution in [3.63, 3.8) is 0 Å². The molecule has 1 amide bonds. The highest BCUT2D eigenvalue weighted by Crippen LogP contribution is 2.09. The van der Waals surface area contributed by atoms with Gasteiger partial charge in [0.1, 0.15) is 0 Å². The van der Waals surface area contributed by atoms with Gasteiger partial charge in [0.15, 0.2) is 5.96 Å². The average Bonchev–Trinajstić information content (AvgIpc) is 2.69. The zero-order valence-electron chi connectivity index (χ0n) is 17.2. The Labute approximate surface area is 172 Å². The van der Waals surface area contributed by atoms with Gasteiger partial charge in [-0.2, -0.15) is 4.31 Å². The Bertz CT molecular complexity index is 777. The average molecular weight is 427 g/mol. The van der Waals surface area contributed by atoms with Gasteiger partial charge in [0.05, 0.1) is 36.9 Å². The molecule has 11 heteroatoms. The van der Waals surface area contributed by atoms with E-state index < -0.39 is 10.0 Å². The Hall–Kier alpha value is -2.24. The molecule has 1 saturated heterocycles. The van der Waals surface area contributed by atoms with Gasteiger partial charge < -0.3 is 20.3 Å². The molecule has 0 bridgehead atoms. The largest absolute Gasteiger partial charge is 0.378 e. The zero-order valence-corrected chi connectivity index (χ0v) is 18.0. The van der Waals surface area contributed by atoms with E-state index in [1.165, 1.54) is 4.31 Å². The van der Waals surface area contributed by atoms with E-state index in [9.17, 15) is 13.2 Å². The lowest BCUT2D eigenvalue weighted by Crippen LogP contribution is -2.54. The van der Waals surface area contributed by atoms with Gasteiger partial charge >= 0.3 is 0 Å². The SMILES string of the molecule is CN=C(NCC(=O)Nc1cccnc1)N1CCN(S(=O)(=O)CCOC(C)C)CC1. The second kappa shape index (κ2) is 11.1. The number of hydrogen-bond acceptors (Lipinski definition) is 6. The highest BCUT2D eigenvalue weighted by atomic mass is 32.2. The standard InChI is InChI=1S/C18H30N6O4S/c1-15(2)28-11-12-29(26,27)24-9-7-23(8-10-24)18(19-3)21-14-17(25)22-16-5-4-6-20-13-16/h4-6,13,15H,7-12,14H2,1-3H3,(H,19,21)(H,22,25). The molecule has 0 unspecified atom stereocenters. The fourth-order valence-corrected chi connectivity index (χ4v) is 4.11. The quantitative estimate of drug-likeness (QED) is 0.443. The maximum Gasteiger partial charge on any atom is 0.243 e. The van der Waals surface area contributed by atoms with Gasteiger partial charge in [-0.05, 0) is 26.0 Å². The number of nitrogens with one attached hydrogen (secondary N) is 2. The first-order valence-corrected chi connectivity index (χ1v) is 11.2. The van der Waals surface area contributed by atoms with Gasteiger partial charge in [-0.1, -0.05) is 0 Å². The van der Waals surface area contributed by atoms with Crippen LogP contribution in [0.4, 0.5) is 5.69 Å². The fourth-order valence-electron chi connectivity index (χ4n) is 2.83. The molecular formula is C18H30N6O4S. The summed E-state index contributed by atoms with van der Waals surface area (Å²) in [5, 5.41) is 5.76. The molecule has 0 spiro atoms. The van der Waals surface area contributed by atoms with Crippen LogP contribution in [0.3, 0.4) is 0 Å². The van der Waals surface area contributed by atoms with E-state index in [-0.39, 0.29) is 30.9 Å². The predicted molar refractivity (Wildman–Crippen MR) is 112 cm³/mol. The van der Waals surface area contributed by atoms with E-state index in [1.807, 2.05) is 18.7 Å². The van der Waals surface area contributed by atoms with E-state index in [1.54, 1.807) is 31.6 Å². The molecule has 0 radical (unpaired) electrons. The van der Waals surface area contributed by atoms with Gasteiger partial charge in [0, 0.05) is 39.4 Å². The summed E-state index contributed by atoms with van der Waals surface area (Å²) in [5.74, 6) is 0.323. The number of guanidine groups is 1. The molecular weight excluding hydrogens is 396 g/mol. The van der Waals surface area contributed by atoms with E-state index in [0.29, 0.717) is 37.8 Å². The predicted octanol–water partition coefficient (Wildman–Crippen LogP) is -0.0321. The fraction of sp³-hybridized carbons (Fsp3) is 0.611. The van der Waals surface area contributed by atoms with Crippen molar-refractivity contribution in [3.8, 4) is 0 Å². The molecule has 162 valence electrons. The molecule has 1 aromatic rings. The van der Waals surface area contributed by atoms with Gasteiger partial charge in [-0.3, -0.25) is 14.8 Å². The summed E-state index contributed by atoms with van der Waals surface area (Å²) in [6.45, 7) is 5.71. The van der Waals surface area contributed by atoms with Crippen molar-refractivity contribution in [2.45, 2.75) is 20.0 Å². The number of sulfonamides is 1. The molecule has 1 aromatic heterocycles. The van der Waals surface area contributed by atoms with Crippen LogP contribution in [0, 0.1) is 0 Å². The molecule has 1 aliphatic rings. The van der Waals surface area contributed by atoms with E-state index in [0.717, 1.165) is 0 Å². The van der Waals surface area contributed by atoms with Crippen LogP contribution in [0.2, 0.25) is 0 Å². The molecule has 1 fully saturated rings. The number of hydrogen-bond donors (Lipinski definition) is 2. The Morgan fingerprint density at radius 3 is 2.62 bits per heavy atom. The lowest BCUT2D eigenvalue weighted by molar-refractivity contribution is -0.115. The highest BCUT2D eigenvalue weighted by Gasteiger charge is 2.28. The highest BCUT2D eigenvalue weighted by molar-refractivity contribution is 7.89. The number of ether oxygens (including phenoxy) is 1. The van der Waals surface area contributed by atoms with Gasteiger partial charge in [0.25, 0.3) is 0 Å². The van der Waals surface area contributed by atoms with Crippen LogP contribution in [0.25, 0.3) is 0 Å². The van der Waals surface area contributed by atoms with Crippen molar-refractivity contribution in [3.05, 3.63) is 24.5 Å². The van der Waals surface area contributed by atoms with Gasteiger partial charge in [-0.15, -0.1) is 0 Å². The van der Waals surface area contributed by atoms with Crippen LogP contribution >= 0.6 is 0 Å². The summed E-state index contributed by atoms with van der Waals surface area (Å²) in [6.07, 6.45) is 3.21. The van der Waals surface area contributed by atoms with E-state index in [2.05, 4.69) is 20.6 Å². The number of rotatable bonds is 8. The minimum absolute atomic E-state index is 0.00630. The molecule has 10 nitrogen and oxygen atoms in total. The van der Waals surface area contributed by atoms with Crippen LogP contribution in [-0.2, 0) is 19.6 Å². The molecule has 0 aliphatic carbocycles. The number of carbonyl (C=O) groups excluding carboxylic acids is 1. The third kappa shape index (κ3) is 7.59. The molecule has 0 saturated carbocycles. The third-order valence-corrected chi connectivity index (χ3v) is 6.12. The first-order valence-electron chi connectivity index (χ1n) is 9.56. The van der Waals surface area contributed by atoms with Crippen molar-refractivity contribution in [2.24, 2.45) is 4.99 Å². The summed E-state index contributed by atoms with van der Waals surface area (Å²) in [4.78, 5) is 22.2. The smallest absolute Gasteiger partial charge is 0.243 e. The molecule has 1 aliphatic heterocycles. The second-order valence-corrected chi connectivity index (χ2v) is 8.90. The summed E-state index contributed by atoms with van der Waals surface area (Å²) in [7, 11) is -1.71. The van der Waals surface area contributed by atoms with Crippen molar-refractivity contribution in [2.75, 3.05) is 57.4 Å². The second-order valence-electron chi connectivity index (χ2n) is 6.81. The van der Waals surface area contributed by atoms with Crippen LogP contribution in [0.1, 0.15) is 13.8 Å². The molecule has 29 heavy (non-hydrogen) atoms. The van der Waals surface area contributed by atoms with Gasteiger partial charge in [0.2, 0.25) is 15.9 Å². The van der Waals surface area contributed by atoms with E-state index >= 15 is 0 Å². The van der Waals surface area contributed by atoms with Crippen LogP contribution in [-0.4, -0.2) is 92.7 Å². The summed E-state index contributed by atoms with van der Waals surface area (Å²) in [5.41, 5.74) is 0.620. The number of anilines is 1. The Balaban J connectivity index is 1.78. The molecule has 2 heterocycles. The summed E-state index contributed by atoms with van der Waals surface area (Å²) in [6, 6.07) is 3.50. The maximum absolute atomic E-state index is 12.4. The third-order valence-electron chi connectivity index (χ3n) is 4.29. The maximum atomic E-state index is 12.4. The Morgan fingerprint density at radius 2 is 2.03 bits per heavy atom. The van der Waals surface area contributed by atoms with Crippen molar-refractivity contribution in [1.82, 2.24) is 19.5 Å². The number of amides is 1. The number of aliphatic imine (C=N–C) groups is 1. The van der Waals surface area contributed by atoms with Crippen LogP contribution < -0.4 is 10.6 Å². The lowest BCUT2D eigenvalue weighted by atomic mass is 10.4. The monoisotopic (exact) mass is 426 g/mol. The first kappa shape index (κ1) is 23.0. The Morgan fingerprint density at radius 1 is 1.31 bits per heavy atom. The van der Waals surface area contributed by atoms with Gasteiger partial charge in [-0.25, -0.2) is 8.42 Å². The Kier molecular flexibility index (Phi) is 8.80. The summed E-state index contributed by atoms with van der Waals surface area (Å²) >= 11 is 0. The van der Waals surface area contributed by atoms with E-state index in [4.69, 9.17) is 4.74 Å². The lowest BCUT2D eigenvalue weighted by Gasteiger charge is -2.35. The number of pyridine rings is 1. The van der Waals surface area contributed by atoms with Crippen molar-refractivity contribution in [1.29, 1.82) is 0 Å². The zero-order chi connectivity index (χ0) is 21.3.